The molecule has 3 rings (SSSR count). The van der Waals surface area contributed by atoms with Crippen molar-refractivity contribution in [2.24, 2.45) is 4.99 Å². The van der Waals surface area contributed by atoms with E-state index in [9.17, 15) is 20.0 Å². The molecule has 8 heteroatoms. The fourth-order valence-corrected chi connectivity index (χ4v) is 2.31. The SMILES string of the molecule is O=C(O)/C(Cc1cccc([N+](=O)[O-])c1)=N/c1nc(-c2ccccc2)co1. The average Bonchev–Trinajstić information content (AvgIpc) is 3.11. The van der Waals surface area contributed by atoms with E-state index in [2.05, 4.69) is 9.98 Å². The maximum Gasteiger partial charge on any atom is 0.350 e. The minimum absolute atomic E-state index is 0.0910. The van der Waals surface area contributed by atoms with Gasteiger partial charge in [-0.2, -0.15) is 9.98 Å². The molecule has 8 nitrogen and oxygen atoms in total. The van der Waals surface area contributed by atoms with Crippen molar-refractivity contribution >= 4 is 23.4 Å². The average molecular weight is 351 g/mol. The van der Waals surface area contributed by atoms with Crippen LogP contribution in [-0.4, -0.2) is 26.7 Å². The number of nitrogens with zero attached hydrogens (tertiary/aromatic N) is 3. The van der Waals surface area contributed by atoms with Crippen molar-refractivity contribution in [3.05, 3.63) is 76.5 Å². The summed E-state index contributed by atoms with van der Waals surface area (Å²) in [6.07, 6.45) is 1.29. The summed E-state index contributed by atoms with van der Waals surface area (Å²) < 4.78 is 5.23. The van der Waals surface area contributed by atoms with E-state index in [1.807, 2.05) is 30.3 Å². The van der Waals surface area contributed by atoms with Gasteiger partial charge in [-0.3, -0.25) is 10.1 Å². The number of nitro benzene ring substituents is 1. The highest BCUT2D eigenvalue weighted by Gasteiger charge is 2.15. The van der Waals surface area contributed by atoms with E-state index in [4.69, 9.17) is 4.42 Å². The van der Waals surface area contributed by atoms with Crippen molar-refractivity contribution in [3.8, 4) is 11.3 Å². The second-order valence-electron chi connectivity index (χ2n) is 5.35. The van der Waals surface area contributed by atoms with Crippen LogP contribution in [0.25, 0.3) is 11.3 Å². The molecule has 0 radical (unpaired) electrons. The number of carboxylic acid groups (broad SMARTS) is 1. The second-order valence-corrected chi connectivity index (χ2v) is 5.35. The van der Waals surface area contributed by atoms with Crippen LogP contribution < -0.4 is 0 Å². The van der Waals surface area contributed by atoms with Gasteiger partial charge in [0.05, 0.1) is 4.92 Å². The zero-order chi connectivity index (χ0) is 18.5. The molecule has 0 saturated heterocycles. The normalized spacial score (nSPS) is 11.3. The molecule has 0 spiro atoms. The Balaban J connectivity index is 1.86. The number of nitro groups is 1. The maximum absolute atomic E-state index is 11.5. The van der Waals surface area contributed by atoms with Crippen LogP contribution in [0.15, 0.2) is 70.3 Å². The number of hydrogen-bond acceptors (Lipinski definition) is 6. The summed E-state index contributed by atoms with van der Waals surface area (Å²) in [7, 11) is 0. The summed E-state index contributed by atoms with van der Waals surface area (Å²) in [6, 6.07) is 14.9. The molecule has 1 N–H and O–H groups in total. The van der Waals surface area contributed by atoms with E-state index >= 15 is 0 Å². The number of carbonyl (C=O) groups is 1. The molecule has 3 aromatic rings. The van der Waals surface area contributed by atoms with Gasteiger partial charge in [0.1, 0.15) is 17.7 Å². The summed E-state index contributed by atoms with van der Waals surface area (Å²) in [4.78, 5) is 29.9. The highest BCUT2D eigenvalue weighted by Crippen LogP contribution is 2.22. The molecule has 0 aliphatic heterocycles. The Morgan fingerprint density at radius 2 is 1.96 bits per heavy atom. The Hall–Kier alpha value is -3.81. The summed E-state index contributed by atoms with van der Waals surface area (Å²) in [5, 5.41) is 20.2. The number of oxazole rings is 1. The molecule has 26 heavy (non-hydrogen) atoms. The van der Waals surface area contributed by atoms with Gasteiger partial charge in [-0.15, -0.1) is 0 Å². The summed E-state index contributed by atoms with van der Waals surface area (Å²) in [5.41, 5.74) is 1.45. The third-order valence-electron chi connectivity index (χ3n) is 3.53. The number of aliphatic imine (C=N–C) groups is 1. The van der Waals surface area contributed by atoms with Crippen molar-refractivity contribution < 1.29 is 19.2 Å². The van der Waals surface area contributed by atoms with Crippen LogP contribution >= 0.6 is 0 Å². The summed E-state index contributed by atoms with van der Waals surface area (Å²) in [6.45, 7) is 0. The minimum Gasteiger partial charge on any atom is -0.477 e. The van der Waals surface area contributed by atoms with Crippen molar-refractivity contribution in [1.29, 1.82) is 0 Å². The molecule has 0 amide bonds. The topological polar surface area (TPSA) is 119 Å². The Morgan fingerprint density at radius 3 is 2.65 bits per heavy atom. The van der Waals surface area contributed by atoms with Gasteiger partial charge < -0.3 is 9.52 Å². The molecule has 0 aliphatic carbocycles. The van der Waals surface area contributed by atoms with E-state index in [0.29, 0.717) is 11.3 Å². The molecular weight excluding hydrogens is 338 g/mol. The fraction of sp³-hybridized carbons (Fsp3) is 0.0556. The molecule has 0 bridgehead atoms. The lowest BCUT2D eigenvalue weighted by atomic mass is 10.1. The lowest BCUT2D eigenvalue weighted by Gasteiger charge is -2.01. The van der Waals surface area contributed by atoms with Gasteiger partial charge in [0, 0.05) is 24.1 Å². The quantitative estimate of drug-likeness (QED) is 0.411. The van der Waals surface area contributed by atoms with E-state index in [0.717, 1.165) is 5.56 Å². The molecule has 0 fully saturated rings. The molecule has 0 unspecified atom stereocenters. The molecule has 0 aliphatic rings. The van der Waals surface area contributed by atoms with Gasteiger partial charge >= 0.3 is 12.0 Å². The Morgan fingerprint density at radius 1 is 1.19 bits per heavy atom. The van der Waals surface area contributed by atoms with Crippen LogP contribution in [0.5, 0.6) is 0 Å². The third-order valence-corrected chi connectivity index (χ3v) is 3.53. The fourth-order valence-electron chi connectivity index (χ4n) is 2.31. The van der Waals surface area contributed by atoms with Gasteiger partial charge in [-0.25, -0.2) is 4.79 Å². The van der Waals surface area contributed by atoms with Gasteiger partial charge in [-0.1, -0.05) is 42.5 Å². The summed E-state index contributed by atoms with van der Waals surface area (Å²) >= 11 is 0. The number of rotatable bonds is 6. The van der Waals surface area contributed by atoms with Gasteiger partial charge in [-0.05, 0) is 5.56 Å². The van der Waals surface area contributed by atoms with Crippen LogP contribution in [0.3, 0.4) is 0 Å². The van der Waals surface area contributed by atoms with Gasteiger partial charge in [0.25, 0.3) is 5.69 Å². The van der Waals surface area contributed by atoms with E-state index < -0.39 is 10.9 Å². The first kappa shape index (κ1) is 17.0. The van der Waals surface area contributed by atoms with Crippen molar-refractivity contribution in [2.75, 3.05) is 0 Å². The zero-order valence-electron chi connectivity index (χ0n) is 13.4. The van der Waals surface area contributed by atoms with Gasteiger partial charge in [0.15, 0.2) is 0 Å². The minimum atomic E-state index is -1.25. The molecule has 1 aromatic heterocycles. The first-order valence-electron chi connectivity index (χ1n) is 7.58. The maximum atomic E-state index is 11.5. The molecule has 0 atom stereocenters. The van der Waals surface area contributed by atoms with Crippen LogP contribution in [-0.2, 0) is 11.2 Å². The molecule has 130 valence electrons. The Kier molecular flexibility index (Phi) is 4.84. The third kappa shape index (κ3) is 3.99. The monoisotopic (exact) mass is 351 g/mol. The molecule has 2 aromatic carbocycles. The van der Waals surface area contributed by atoms with Crippen molar-refractivity contribution in [3.63, 3.8) is 0 Å². The van der Waals surface area contributed by atoms with Gasteiger partial charge in [0.2, 0.25) is 0 Å². The highest BCUT2D eigenvalue weighted by atomic mass is 16.6. The van der Waals surface area contributed by atoms with Crippen LogP contribution in [0.1, 0.15) is 5.56 Å². The number of non-ortho nitro benzene ring substituents is 1. The summed E-state index contributed by atoms with van der Waals surface area (Å²) in [5.74, 6) is -1.25. The lowest BCUT2D eigenvalue weighted by molar-refractivity contribution is -0.384. The first-order valence-corrected chi connectivity index (χ1v) is 7.58. The number of hydrogen-bond donors (Lipinski definition) is 1. The van der Waals surface area contributed by atoms with E-state index in [-0.39, 0.29) is 23.8 Å². The lowest BCUT2D eigenvalue weighted by Crippen LogP contribution is -2.15. The smallest absolute Gasteiger partial charge is 0.350 e. The second kappa shape index (κ2) is 7.39. The highest BCUT2D eigenvalue weighted by molar-refractivity contribution is 6.36. The number of aliphatic carboxylic acids is 1. The van der Waals surface area contributed by atoms with Crippen LogP contribution in [0.2, 0.25) is 0 Å². The first-order chi connectivity index (χ1) is 12.5. The number of carboxylic acids is 1. The van der Waals surface area contributed by atoms with Crippen molar-refractivity contribution in [2.45, 2.75) is 6.42 Å². The molecular formula is C18H13N3O5. The Bertz CT molecular complexity index is 979. The van der Waals surface area contributed by atoms with E-state index in [1.165, 1.54) is 24.5 Å². The van der Waals surface area contributed by atoms with Crippen LogP contribution in [0, 0.1) is 10.1 Å². The standard InChI is InChI=1S/C18H13N3O5/c22-17(23)15(10-12-5-4-8-14(9-12)21(24)25)19-18-20-16(11-26-18)13-6-2-1-3-7-13/h1-9,11H,10H2,(H,22,23)/b19-15+. The number of aromatic nitrogens is 1. The zero-order valence-corrected chi connectivity index (χ0v) is 13.4. The van der Waals surface area contributed by atoms with Crippen LogP contribution in [0.4, 0.5) is 11.7 Å². The molecule has 0 saturated carbocycles. The van der Waals surface area contributed by atoms with E-state index in [1.54, 1.807) is 6.07 Å². The predicted molar refractivity (Wildman–Crippen MR) is 93.5 cm³/mol. The number of benzene rings is 2. The largest absolute Gasteiger partial charge is 0.477 e. The predicted octanol–water partition coefficient (Wildman–Crippen LogP) is 3.65. The molecule has 1 heterocycles. The van der Waals surface area contributed by atoms with Crippen molar-refractivity contribution in [1.82, 2.24) is 4.98 Å². The Labute approximate surface area is 147 Å².